The molecule has 1 aromatic rings. The van der Waals surface area contributed by atoms with Crippen LogP contribution in [0.1, 0.15) is 37.3 Å². The summed E-state index contributed by atoms with van der Waals surface area (Å²) in [4.78, 5) is 12.5. The van der Waals surface area contributed by atoms with Gasteiger partial charge >= 0.3 is 5.97 Å². The maximum Gasteiger partial charge on any atom is 0.303 e. The minimum atomic E-state index is -0.741. The van der Waals surface area contributed by atoms with Gasteiger partial charge in [0.25, 0.3) is 0 Å². The van der Waals surface area contributed by atoms with Crippen molar-refractivity contribution >= 4 is 5.97 Å². The highest BCUT2D eigenvalue weighted by Crippen LogP contribution is 2.21. The van der Waals surface area contributed by atoms with Gasteiger partial charge in [0.2, 0.25) is 0 Å². The molecule has 0 bridgehead atoms. The topological polar surface area (TPSA) is 53.7 Å². The van der Waals surface area contributed by atoms with Crippen molar-refractivity contribution in [1.29, 1.82) is 0 Å². The molecule has 0 radical (unpaired) electrons. The quantitative estimate of drug-likeness (QED) is 0.808. The Balaban J connectivity index is 2.41. The number of nitrogens with zero attached hydrogens (tertiary/aromatic N) is 1. The maximum atomic E-state index is 10.4. The van der Waals surface area contributed by atoms with Crippen LogP contribution in [0.4, 0.5) is 0 Å². The predicted octanol–water partition coefficient (Wildman–Crippen LogP) is 2.45. The van der Waals surface area contributed by atoms with E-state index in [-0.39, 0.29) is 12.5 Å². The monoisotopic (exact) mass is 225 g/mol. The first-order valence-electron chi connectivity index (χ1n) is 5.49. The van der Waals surface area contributed by atoms with Gasteiger partial charge in [-0.2, -0.15) is 0 Å². The van der Waals surface area contributed by atoms with E-state index in [0.717, 1.165) is 18.1 Å². The Hall–Kier alpha value is -1.29. The SMILES string of the molecule is Cc1ccc(C(C)N(C)CCCC(=O)O)o1. The largest absolute Gasteiger partial charge is 0.481 e. The number of aliphatic carboxylic acids is 1. The van der Waals surface area contributed by atoms with E-state index in [2.05, 4.69) is 11.8 Å². The smallest absolute Gasteiger partial charge is 0.303 e. The second kappa shape index (κ2) is 5.70. The van der Waals surface area contributed by atoms with Gasteiger partial charge in [0.1, 0.15) is 11.5 Å². The Bertz CT molecular complexity index is 346. The molecule has 1 aromatic heterocycles. The lowest BCUT2D eigenvalue weighted by atomic mass is 10.2. The van der Waals surface area contributed by atoms with Crippen LogP contribution < -0.4 is 0 Å². The molecule has 0 saturated carbocycles. The first-order chi connectivity index (χ1) is 7.50. The Morgan fingerprint density at radius 3 is 2.75 bits per heavy atom. The zero-order valence-corrected chi connectivity index (χ0v) is 10.1. The van der Waals surface area contributed by atoms with Crippen molar-refractivity contribution in [3.8, 4) is 0 Å². The van der Waals surface area contributed by atoms with Crippen LogP contribution in [0.3, 0.4) is 0 Å². The number of rotatable bonds is 6. The van der Waals surface area contributed by atoms with Gasteiger partial charge in [0.05, 0.1) is 6.04 Å². The summed E-state index contributed by atoms with van der Waals surface area (Å²) in [6.07, 6.45) is 0.879. The molecule has 1 rings (SSSR count). The number of furan rings is 1. The summed E-state index contributed by atoms with van der Waals surface area (Å²) in [5, 5.41) is 8.55. The summed E-state index contributed by atoms with van der Waals surface area (Å²) in [5.74, 6) is 1.09. The molecule has 0 amide bonds. The molecule has 0 aliphatic carbocycles. The van der Waals surface area contributed by atoms with Crippen molar-refractivity contribution in [1.82, 2.24) is 4.90 Å². The van der Waals surface area contributed by atoms with Crippen LogP contribution in [0, 0.1) is 6.92 Å². The Morgan fingerprint density at radius 1 is 1.56 bits per heavy atom. The highest BCUT2D eigenvalue weighted by Gasteiger charge is 2.14. The molecule has 0 aliphatic rings. The molecule has 0 spiro atoms. The van der Waals surface area contributed by atoms with Gasteiger partial charge in [-0.05, 0) is 46.0 Å². The minimum absolute atomic E-state index is 0.183. The summed E-state index contributed by atoms with van der Waals surface area (Å²) in [5.41, 5.74) is 0. The van der Waals surface area contributed by atoms with E-state index in [1.165, 1.54) is 0 Å². The average molecular weight is 225 g/mol. The van der Waals surface area contributed by atoms with Gasteiger partial charge in [0, 0.05) is 6.42 Å². The molecule has 16 heavy (non-hydrogen) atoms. The second-order valence-electron chi connectivity index (χ2n) is 4.10. The summed E-state index contributed by atoms with van der Waals surface area (Å²) < 4.78 is 5.54. The second-order valence-corrected chi connectivity index (χ2v) is 4.10. The summed E-state index contributed by atoms with van der Waals surface area (Å²) in [7, 11) is 1.98. The minimum Gasteiger partial charge on any atom is -0.481 e. The summed E-state index contributed by atoms with van der Waals surface area (Å²) >= 11 is 0. The molecular weight excluding hydrogens is 206 g/mol. The molecular formula is C12H19NO3. The zero-order valence-electron chi connectivity index (χ0n) is 10.1. The van der Waals surface area contributed by atoms with Crippen molar-refractivity contribution in [2.45, 2.75) is 32.7 Å². The maximum absolute atomic E-state index is 10.4. The van der Waals surface area contributed by atoms with Crippen molar-refractivity contribution in [2.75, 3.05) is 13.6 Å². The van der Waals surface area contributed by atoms with E-state index in [4.69, 9.17) is 9.52 Å². The zero-order chi connectivity index (χ0) is 12.1. The molecule has 0 aliphatic heterocycles. The number of carboxylic acids is 1. The Morgan fingerprint density at radius 2 is 2.25 bits per heavy atom. The van der Waals surface area contributed by atoms with E-state index >= 15 is 0 Å². The molecule has 4 nitrogen and oxygen atoms in total. The number of carbonyl (C=O) groups is 1. The predicted molar refractivity (Wildman–Crippen MR) is 61.4 cm³/mol. The van der Waals surface area contributed by atoms with Crippen LogP contribution in [0.5, 0.6) is 0 Å². The first-order valence-corrected chi connectivity index (χ1v) is 5.49. The van der Waals surface area contributed by atoms with Gasteiger partial charge in [0.15, 0.2) is 0 Å². The fourth-order valence-electron chi connectivity index (χ4n) is 1.57. The Kier molecular flexibility index (Phi) is 4.55. The standard InChI is InChI=1S/C12H19NO3/c1-9-6-7-11(16-9)10(2)13(3)8-4-5-12(14)15/h6-7,10H,4-5,8H2,1-3H3,(H,14,15). The van der Waals surface area contributed by atoms with E-state index in [1.807, 2.05) is 26.1 Å². The van der Waals surface area contributed by atoms with Crippen LogP contribution >= 0.6 is 0 Å². The van der Waals surface area contributed by atoms with Crippen LogP contribution in [0.2, 0.25) is 0 Å². The third kappa shape index (κ3) is 3.70. The average Bonchev–Trinajstić information content (AvgIpc) is 2.63. The fourth-order valence-corrected chi connectivity index (χ4v) is 1.57. The van der Waals surface area contributed by atoms with Crippen molar-refractivity contribution < 1.29 is 14.3 Å². The van der Waals surface area contributed by atoms with Crippen LogP contribution in [0.25, 0.3) is 0 Å². The van der Waals surface area contributed by atoms with Crippen molar-refractivity contribution in [3.63, 3.8) is 0 Å². The number of hydrogen-bond donors (Lipinski definition) is 1. The third-order valence-electron chi connectivity index (χ3n) is 2.74. The van der Waals surface area contributed by atoms with E-state index < -0.39 is 5.97 Å². The lowest BCUT2D eigenvalue weighted by Crippen LogP contribution is -2.23. The molecule has 0 aromatic carbocycles. The van der Waals surface area contributed by atoms with Gasteiger partial charge in [-0.15, -0.1) is 0 Å². The lowest BCUT2D eigenvalue weighted by Gasteiger charge is -2.22. The van der Waals surface area contributed by atoms with E-state index in [9.17, 15) is 4.79 Å². The molecule has 1 heterocycles. The summed E-state index contributed by atoms with van der Waals surface area (Å²) in [6.45, 7) is 4.73. The molecule has 1 unspecified atom stereocenters. The van der Waals surface area contributed by atoms with Crippen LogP contribution in [-0.4, -0.2) is 29.6 Å². The fraction of sp³-hybridized carbons (Fsp3) is 0.583. The molecule has 1 atom stereocenters. The highest BCUT2D eigenvalue weighted by molar-refractivity contribution is 5.66. The Labute approximate surface area is 95.9 Å². The molecule has 90 valence electrons. The van der Waals surface area contributed by atoms with Crippen molar-refractivity contribution in [3.05, 3.63) is 23.7 Å². The first kappa shape index (κ1) is 12.8. The molecule has 1 N–H and O–H groups in total. The molecule has 0 saturated heterocycles. The van der Waals surface area contributed by atoms with Gasteiger partial charge < -0.3 is 9.52 Å². The van der Waals surface area contributed by atoms with Gasteiger partial charge in [-0.3, -0.25) is 9.69 Å². The number of carboxylic acid groups (broad SMARTS) is 1. The van der Waals surface area contributed by atoms with Crippen molar-refractivity contribution in [2.24, 2.45) is 0 Å². The van der Waals surface area contributed by atoms with Crippen LogP contribution in [-0.2, 0) is 4.79 Å². The number of hydrogen-bond acceptors (Lipinski definition) is 3. The molecule has 0 fully saturated rings. The lowest BCUT2D eigenvalue weighted by molar-refractivity contribution is -0.137. The number of aryl methyl sites for hydroxylation is 1. The highest BCUT2D eigenvalue weighted by atomic mass is 16.4. The van der Waals surface area contributed by atoms with Gasteiger partial charge in [-0.1, -0.05) is 0 Å². The van der Waals surface area contributed by atoms with Crippen LogP contribution in [0.15, 0.2) is 16.5 Å². The van der Waals surface area contributed by atoms with E-state index in [0.29, 0.717) is 6.42 Å². The van der Waals surface area contributed by atoms with E-state index in [1.54, 1.807) is 0 Å². The summed E-state index contributed by atoms with van der Waals surface area (Å²) in [6, 6.07) is 4.09. The molecule has 4 heteroatoms. The van der Waals surface area contributed by atoms with Gasteiger partial charge in [-0.25, -0.2) is 0 Å². The normalized spacial score (nSPS) is 13.0. The third-order valence-corrected chi connectivity index (χ3v) is 2.74.